The van der Waals surface area contributed by atoms with Gasteiger partial charge in [0.15, 0.2) is 11.5 Å². The van der Waals surface area contributed by atoms with Crippen molar-refractivity contribution in [2.24, 2.45) is 0 Å². The number of thiocarbonyl (C=S) groups is 1. The van der Waals surface area contributed by atoms with Gasteiger partial charge in [-0.2, -0.15) is 0 Å². The largest absolute Gasteiger partial charge is 0.493 e. The van der Waals surface area contributed by atoms with Gasteiger partial charge in [-0.25, -0.2) is 0 Å². The van der Waals surface area contributed by atoms with Crippen molar-refractivity contribution in [1.29, 1.82) is 0 Å². The standard InChI is InChI=1S/C20H24N2O4S/c1-3-9-21-19(27)26-22-10-8-20-7-6-14(23)11-16(20)25-18-15(24-2)5-4-13(12-22)17(18)20/h3-7,14,16,23H,1,8-12H2,2H3,(H,21,27)/t14-,16+,20+/m1/s1. The quantitative estimate of drug-likeness (QED) is 0.606. The Bertz CT molecular complexity index is 796. The van der Waals surface area contributed by atoms with Gasteiger partial charge >= 0.3 is 0 Å². The summed E-state index contributed by atoms with van der Waals surface area (Å²) in [7, 11) is 1.65. The minimum absolute atomic E-state index is 0.117. The van der Waals surface area contributed by atoms with Crippen LogP contribution in [0.25, 0.3) is 0 Å². The van der Waals surface area contributed by atoms with E-state index in [0.29, 0.717) is 31.2 Å². The van der Waals surface area contributed by atoms with Crippen molar-refractivity contribution >= 4 is 17.4 Å². The Hall–Kier alpha value is -2.09. The minimum atomic E-state index is -0.490. The van der Waals surface area contributed by atoms with Crippen molar-refractivity contribution in [3.8, 4) is 11.5 Å². The van der Waals surface area contributed by atoms with Crippen LogP contribution in [0.5, 0.6) is 11.5 Å². The van der Waals surface area contributed by atoms with Crippen LogP contribution in [0.4, 0.5) is 0 Å². The van der Waals surface area contributed by atoms with Crippen LogP contribution in [-0.2, 0) is 16.8 Å². The molecule has 4 rings (SSSR count). The zero-order valence-electron chi connectivity index (χ0n) is 15.3. The average molecular weight is 388 g/mol. The molecule has 1 aromatic carbocycles. The molecule has 2 N–H and O–H groups in total. The van der Waals surface area contributed by atoms with Crippen molar-refractivity contribution in [3.05, 3.63) is 48.1 Å². The molecule has 0 fully saturated rings. The normalized spacial score (nSPS) is 28.4. The monoisotopic (exact) mass is 388 g/mol. The number of rotatable bonds is 4. The lowest BCUT2D eigenvalue weighted by Gasteiger charge is -2.35. The van der Waals surface area contributed by atoms with Gasteiger partial charge in [-0.3, -0.25) is 0 Å². The van der Waals surface area contributed by atoms with Gasteiger partial charge in [-0.15, -0.1) is 11.6 Å². The minimum Gasteiger partial charge on any atom is -0.493 e. The lowest BCUT2D eigenvalue weighted by molar-refractivity contribution is -0.0844. The molecule has 0 unspecified atom stereocenters. The van der Waals surface area contributed by atoms with Crippen LogP contribution in [-0.4, -0.2) is 47.8 Å². The lowest BCUT2D eigenvalue weighted by Crippen LogP contribution is -2.43. The predicted octanol–water partition coefficient (Wildman–Crippen LogP) is 2.21. The number of aliphatic hydroxyl groups is 1. The number of hydrogen-bond acceptors (Lipinski definition) is 6. The van der Waals surface area contributed by atoms with Gasteiger partial charge in [-0.05, 0) is 30.3 Å². The number of hydrogen-bond donors (Lipinski definition) is 2. The first-order valence-electron chi connectivity index (χ1n) is 9.13. The third-order valence-corrected chi connectivity index (χ3v) is 5.74. The SMILES string of the molecule is C=CCNC(=S)ON1CC[C@@]23C=C[C@@H](O)C[C@@H]2Oc2c(OC)ccc(c23)C1. The van der Waals surface area contributed by atoms with E-state index in [2.05, 4.69) is 24.0 Å². The molecular weight excluding hydrogens is 364 g/mol. The van der Waals surface area contributed by atoms with E-state index in [4.69, 9.17) is 26.5 Å². The van der Waals surface area contributed by atoms with Crippen LogP contribution in [0.2, 0.25) is 0 Å². The van der Waals surface area contributed by atoms with E-state index < -0.39 is 6.10 Å². The van der Waals surface area contributed by atoms with Crippen molar-refractivity contribution < 1.29 is 19.4 Å². The Balaban J connectivity index is 1.69. The maximum atomic E-state index is 10.1. The van der Waals surface area contributed by atoms with Gasteiger partial charge in [0.1, 0.15) is 6.10 Å². The molecule has 6 nitrogen and oxygen atoms in total. The van der Waals surface area contributed by atoms with Crippen LogP contribution in [0.15, 0.2) is 36.9 Å². The highest BCUT2D eigenvalue weighted by molar-refractivity contribution is 7.80. The zero-order valence-corrected chi connectivity index (χ0v) is 16.1. The summed E-state index contributed by atoms with van der Waals surface area (Å²) in [6.45, 7) is 5.51. The van der Waals surface area contributed by atoms with Crippen LogP contribution in [0.1, 0.15) is 24.0 Å². The fourth-order valence-electron chi connectivity index (χ4n) is 4.29. The van der Waals surface area contributed by atoms with E-state index in [1.165, 1.54) is 0 Å². The van der Waals surface area contributed by atoms with Crippen molar-refractivity contribution in [2.75, 3.05) is 20.2 Å². The van der Waals surface area contributed by atoms with Crippen LogP contribution < -0.4 is 14.8 Å². The van der Waals surface area contributed by atoms with Crippen molar-refractivity contribution in [3.63, 3.8) is 0 Å². The molecule has 0 aromatic heterocycles. The van der Waals surface area contributed by atoms with Crippen LogP contribution in [0, 0.1) is 0 Å². The Morgan fingerprint density at radius 1 is 1.56 bits per heavy atom. The number of aliphatic hydroxyl groups excluding tert-OH is 1. The summed E-state index contributed by atoms with van der Waals surface area (Å²) in [5.41, 5.74) is 1.98. The summed E-state index contributed by atoms with van der Waals surface area (Å²) in [4.78, 5) is 5.86. The number of benzene rings is 1. The molecule has 1 aromatic rings. The Morgan fingerprint density at radius 2 is 2.41 bits per heavy atom. The second kappa shape index (κ2) is 7.14. The third kappa shape index (κ3) is 3.09. The Kier molecular flexibility index (Phi) is 4.84. The highest BCUT2D eigenvalue weighted by Crippen LogP contribution is 2.55. The predicted molar refractivity (Wildman–Crippen MR) is 106 cm³/mol. The molecule has 144 valence electrons. The summed E-state index contributed by atoms with van der Waals surface area (Å²) in [5.74, 6) is 1.51. The van der Waals surface area contributed by atoms with E-state index in [1.54, 1.807) is 13.2 Å². The second-order valence-corrected chi connectivity index (χ2v) is 7.47. The highest BCUT2D eigenvalue weighted by Gasteiger charge is 2.53. The van der Waals surface area contributed by atoms with Crippen LogP contribution in [0.3, 0.4) is 0 Å². The molecule has 3 aliphatic rings. The molecule has 0 amide bonds. The maximum absolute atomic E-state index is 10.1. The molecule has 0 saturated heterocycles. The first-order valence-corrected chi connectivity index (χ1v) is 9.54. The molecule has 7 heteroatoms. The molecule has 2 heterocycles. The second-order valence-electron chi connectivity index (χ2n) is 7.10. The average Bonchev–Trinajstić information content (AvgIpc) is 2.90. The zero-order chi connectivity index (χ0) is 19.0. The molecule has 0 bridgehead atoms. The topological polar surface area (TPSA) is 63.2 Å². The summed E-state index contributed by atoms with van der Waals surface area (Å²) < 4.78 is 11.8. The fraction of sp³-hybridized carbons (Fsp3) is 0.450. The lowest BCUT2D eigenvalue weighted by atomic mass is 9.69. The molecule has 1 aliphatic carbocycles. The number of ether oxygens (including phenoxy) is 2. The first kappa shape index (κ1) is 18.3. The first-order chi connectivity index (χ1) is 13.1. The molecule has 0 radical (unpaired) electrons. The van der Waals surface area contributed by atoms with Gasteiger partial charge in [0.25, 0.3) is 5.17 Å². The van der Waals surface area contributed by atoms with Gasteiger partial charge in [0.05, 0.1) is 25.2 Å². The van der Waals surface area contributed by atoms with E-state index in [9.17, 15) is 5.11 Å². The molecule has 1 spiro atoms. The Morgan fingerprint density at radius 3 is 3.19 bits per heavy atom. The highest BCUT2D eigenvalue weighted by atomic mass is 32.1. The molecule has 2 aliphatic heterocycles. The summed E-state index contributed by atoms with van der Waals surface area (Å²) in [6.07, 6.45) is 6.48. The molecule has 3 atom stereocenters. The van der Waals surface area contributed by atoms with Crippen molar-refractivity contribution in [1.82, 2.24) is 10.4 Å². The van der Waals surface area contributed by atoms with Gasteiger partial charge < -0.3 is 24.7 Å². The van der Waals surface area contributed by atoms with E-state index >= 15 is 0 Å². The third-order valence-electron chi connectivity index (χ3n) is 5.52. The number of nitrogens with zero attached hydrogens (tertiary/aromatic N) is 1. The number of methoxy groups -OCH3 is 1. The van der Waals surface area contributed by atoms with Gasteiger partial charge in [0.2, 0.25) is 0 Å². The summed E-state index contributed by atoms with van der Waals surface area (Å²) in [6, 6.07) is 3.99. The molecule has 27 heavy (non-hydrogen) atoms. The maximum Gasteiger partial charge on any atom is 0.278 e. The van der Waals surface area contributed by atoms with E-state index in [-0.39, 0.29) is 11.5 Å². The number of nitrogens with one attached hydrogen (secondary N) is 1. The smallest absolute Gasteiger partial charge is 0.278 e. The van der Waals surface area contributed by atoms with Crippen LogP contribution >= 0.6 is 12.2 Å². The summed E-state index contributed by atoms with van der Waals surface area (Å²) in [5, 5.41) is 15.3. The van der Waals surface area contributed by atoms with Gasteiger partial charge in [-0.1, -0.05) is 24.3 Å². The van der Waals surface area contributed by atoms with E-state index in [1.807, 2.05) is 17.2 Å². The summed E-state index contributed by atoms with van der Waals surface area (Å²) >= 11 is 5.27. The van der Waals surface area contributed by atoms with Crippen molar-refractivity contribution in [2.45, 2.75) is 37.0 Å². The van der Waals surface area contributed by atoms with Gasteiger partial charge in [0, 0.05) is 25.1 Å². The molecular formula is C20H24N2O4S. The molecule has 0 saturated carbocycles. The van der Waals surface area contributed by atoms with E-state index in [0.717, 1.165) is 29.0 Å². The number of hydroxylamine groups is 2. The fourth-order valence-corrected chi connectivity index (χ4v) is 4.48. The Labute approximate surface area is 164 Å².